The number of aromatic nitrogens is 1. The van der Waals surface area contributed by atoms with Gasteiger partial charge in [0.2, 0.25) is 15.7 Å². The fourth-order valence-electron chi connectivity index (χ4n) is 2.28. The third kappa shape index (κ3) is 4.79. The Morgan fingerprint density at radius 1 is 1.19 bits per heavy atom. The third-order valence-corrected chi connectivity index (χ3v) is 7.77. The number of nitrogens with one attached hydrogen (secondary N) is 1. The number of hydrogen-bond donors (Lipinski definition) is 1. The van der Waals surface area contributed by atoms with E-state index >= 15 is 0 Å². The van der Waals surface area contributed by atoms with Gasteiger partial charge in [-0.2, -0.15) is 0 Å². The Labute approximate surface area is 165 Å². The second kappa shape index (κ2) is 8.28. The zero-order chi connectivity index (χ0) is 19.4. The number of carbonyl (C=O) groups is 1. The van der Waals surface area contributed by atoms with Crippen molar-refractivity contribution in [1.29, 1.82) is 0 Å². The standard InChI is InChI=1S/C18H18N2O4S3/c1-12-3-7-15(8-4-12)27(22,23)17-18(26-11-20-17)25-10-16(21)19-9-14-6-5-13(2)24-14/h3-8,11H,9-10H2,1-2H3,(H,19,21). The highest BCUT2D eigenvalue weighted by Crippen LogP contribution is 2.33. The zero-order valence-electron chi connectivity index (χ0n) is 14.8. The van der Waals surface area contributed by atoms with Crippen molar-refractivity contribution < 1.29 is 17.6 Å². The van der Waals surface area contributed by atoms with Crippen molar-refractivity contribution in [1.82, 2.24) is 10.3 Å². The van der Waals surface area contributed by atoms with E-state index in [0.717, 1.165) is 23.1 Å². The largest absolute Gasteiger partial charge is 0.465 e. The molecule has 0 aliphatic carbocycles. The maximum atomic E-state index is 12.8. The van der Waals surface area contributed by atoms with E-state index < -0.39 is 9.84 Å². The molecule has 0 aliphatic rings. The molecule has 1 amide bonds. The molecule has 1 aromatic carbocycles. The van der Waals surface area contributed by atoms with Crippen LogP contribution in [0.3, 0.4) is 0 Å². The number of nitrogens with zero attached hydrogens (tertiary/aromatic N) is 1. The fraction of sp³-hybridized carbons (Fsp3) is 0.222. The van der Waals surface area contributed by atoms with Gasteiger partial charge >= 0.3 is 0 Å². The smallest absolute Gasteiger partial charge is 0.230 e. The van der Waals surface area contributed by atoms with Crippen LogP contribution in [0.2, 0.25) is 0 Å². The van der Waals surface area contributed by atoms with Gasteiger partial charge in [-0.05, 0) is 38.1 Å². The van der Waals surface area contributed by atoms with Crippen LogP contribution < -0.4 is 5.32 Å². The van der Waals surface area contributed by atoms with Crippen molar-refractivity contribution in [3.8, 4) is 0 Å². The summed E-state index contributed by atoms with van der Waals surface area (Å²) >= 11 is 2.37. The monoisotopic (exact) mass is 422 g/mol. The van der Waals surface area contributed by atoms with Crippen LogP contribution in [0.25, 0.3) is 0 Å². The van der Waals surface area contributed by atoms with E-state index in [0.29, 0.717) is 16.5 Å². The molecule has 0 bridgehead atoms. The molecule has 3 aromatic rings. The Hall–Kier alpha value is -2.10. The van der Waals surface area contributed by atoms with E-state index in [4.69, 9.17) is 4.42 Å². The Bertz CT molecular complexity index is 1040. The summed E-state index contributed by atoms with van der Waals surface area (Å²) in [7, 11) is -3.71. The Balaban J connectivity index is 1.64. The molecule has 0 aliphatic heterocycles. The molecule has 142 valence electrons. The van der Waals surface area contributed by atoms with Crippen LogP contribution in [-0.4, -0.2) is 25.1 Å². The third-order valence-electron chi connectivity index (χ3n) is 3.68. The quantitative estimate of drug-likeness (QED) is 0.585. The molecule has 0 unspecified atom stereocenters. The van der Waals surface area contributed by atoms with Crippen molar-refractivity contribution in [3.63, 3.8) is 0 Å². The number of thiazole rings is 1. The van der Waals surface area contributed by atoms with Crippen LogP contribution in [0, 0.1) is 13.8 Å². The lowest BCUT2D eigenvalue weighted by molar-refractivity contribution is -0.118. The van der Waals surface area contributed by atoms with Crippen LogP contribution in [0.1, 0.15) is 17.1 Å². The van der Waals surface area contributed by atoms with Gasteiger partial charge in [-0.25, -0.2) is 13.4 Å². The number of aryl methyl sites for hydroxylation is 2. The van der Waals surface area contributed by atoms with Crippen LogP contribution >= 0.6 is 23.1 Å². The molecular formula is C18H18N2O4S3. The van der Waals surface area contributed by atoms with Gasteiger partial charge in [0.25, 0.3) is 0 Å². The summed E-state index contributed by atoms with van der Waals surface area (Å²) in [5.41, 5.74) is 2.46. The number of hydrogen-bond acceptors (Lipinski definition) is 7. The minimum absolute atomic E-state index is 0.00388. The van der Waals surface area contributed by atoms with Gasteiger partial charge in [0.1, 0.15) is 11.5 Å². The van der Waals surface area contributed by atoms with E-state index in [-0.39, 0.29) is 21.6 Å². The first-order valence-electron chi connectivity index (χ1n) is 8.06. The van der Waals surface area contributed by atoms with Crippen molar-refractivity contribution in [2.45, 2.75) is 34.5 Å². The van der Waals surface area contributed by atoms with Gasteiger partial charge in [0.05, 0.1) is 26.9 Å². The lowest BCUT2D eigenvalue weighted by Gasteiger charge is -2.06. The molecule has 27 heavy (non-hydrogen) atoms. The summed E-state index contributed by atoms with van der Waals surface area (Å²) in [5, 5.41) is 2.75. The van der Waals surface area contributed by atoms with E-state index in [2.05, 4.69) is 10.3 Å². The van der Waals surface area contributed by atoms with Crippen LogP contribution in [0.4, 0.5) is 0 Å². The molecule has 2 heterocycles. The molecule has 1 N–H and O–H groups in total. The van der Waals surface area contributed by atoms with Crippen LogP contribution in [0.5, 0.6) is 0 Å². The average molecular weight is 423 g/mol. The molecule has 0 fully saturated rings. The molecule has 0 atom stereocenters. The maximum Gasteiger partial charge on any atom is 0.230 e. The highest BCUT2D eigenvalue weighted by Gasteiger charge is 2.25. The van der Waals surface area contributed by atoms with Gasteiger partial charge < -0.3 is 9.73 Å². The van der Waals surface area contributed by atoms with Gasteiger partial charge in [0.15, 0.2) is 5.03 Å². The first-order valence-corrected chi connectivity index (χ1v) is 11.4. The van der Waals surface area contributed by atoms with Crippen molar-refractivity contribution in [2.75, 3.05) is 5.75 Å². The molecular weight excluding hydrogens is 404 g/mol. The van der Waals surface area contributed by atoms with E-state index in [1.807, 2.05) is 19.9 Å². The molecule has 0 radical (unpaired) electrons. The lowest BCUT2D eigenvalue weighted by atomic mass is 10.2. The molecule has 3 rings (SSSR count). The Kier molecular flexibility index (Phi) is 6.03. The summed E-state index contributed by atoms with van der Waals surface area (Å²) in [4.78, 5) is 16.3. The van der Waals surface area contributed by atoms with Gasteiger partial charge in [-0.15, -0.1) is 23.1 Å². The second-order valence-corrected chi connectivity index (χ2v) is 9.80. The van der Waals surface area contributed by atoms with Crippen LogP contribution in [-0.2, 0) is 21.2 Å². The highest BCUT2D eigenvalue weighted by atomic mass is 32.2. The predicted octanol–water partition coefficient (Wildman–Crippen LogP) is 3.59. The molecule has 2 aromatic heterocycles. The van der Waals surface area contributed by atoms with E-state index in [1.54, 1.807) is 30.3 Å². The van der Waals surface area contributed by atoms with Gasteiger partial charge in [-0.3, -0.25) is 4.79 Å². The summed E-state index contributed by atoms with van der Waals surface area (Å²) in [6.45, 7) is 4.02. The number of sulfone groups is 1. The Morgan fingerprint density at radius 3 is 2.59 bits per heavy atom. The number of amides is 1. The molecule has 6 nitrogen and oxygen atoms in total. The number of furan rings is 1. The highest BCUT2D eigenvalue weighted by molar-refractivity contribution is 8.02. The molecule has 0 saturated heterocycles. The summed E-state index contributed by atoms with van der Waals surface area (Å²) < 4.78 is 31.5. The number of rotatable bonds is 7. The van der Waals surface area contributed by atoms with Gasteiger partial charge in [0, 0.05) is 0 Å². The second-order valence-electron chi connectivity index (χ2n) is 5.84. The molecule has 9 heteroatoms. The van der Waals surface area contributed by atoms with Crippen molar-refractivity contribution in [3.05, 3.63) is 59.0 Å². The van der Waals surface area contributed by atoms with E-state index in [9.17, 15) is 13.2 Å². The van der Waals surface area contributed by atoms with E-state index in [1.165, 1.54) is 16.8 Å². The topological polar surface area (TPSA) is 89.3 Å². The fourth-order valence-corrected chi connectivity index (χ4v) is 5.98. The molecule has 0 spiro atoms. The summed E-state index contributed by atoms with van der Waals surface area (Å²) in [6.07, 6.45) is 0. The predicted molar refractivity (Wildman–Crippen MR) is 105 cm³/mol. The molecule has 0 saturated carbocycles. The number of thioether (sulfide) groups is 1. The van der Waals surface area contributed by atoms with Gasteiger partial charge in [-0.1, -0.05) is 17.7 Å². The maximum absolute atomic E-state index is 12.8. The number of carbonyl (C=O) groups excluding carboxylic acids is 1. The van der Waals surface area contributed by atoms with Crippen LogP contribution in [0.15, 0.2) is 60.5 Å². The first kappa shape index (κ1) is 19.7. The first-order chi connectivity index (χ1) is 12.9. The minimum atomic E-state index is -3.71. The zero-order valence-corrected chi connectivity index (χ0v) is 17.2. The van der Waals surface area contributed by atoms with Crippen molar-refractivity contribution in [2.24, 2.45) is 0 Å². The normalized spacial score (nSPS) is 11.5. The number of benzene rings is 1. The Morgan fingerprint density at radius 2 is 1.93 bits per heavy atom. The lowest BCUT2D eigenvalue weighted by Crippen LogP contribution is -2.24. The van der Waals surface area contributed by atoms with Crippen molar-refractivity contribution >= 4 is 38.8 Å². The summed E-state index contributed by atoms with van der Waals surface area (Å²) in [5.74, 6) is 1.34. The summed E-state index contributed by atoms with van der Waals surface area (Å²) in [6, 6.07) is 10.3. The average Bonchev–Trinajstić information content (AvgIpc) is 3.27. The minimum Gasteiger partial charge on any atom is -0.465 e. The SMILES string of the molecule is Cc1ccc(S(=O)(=O)c2ncsc2SCC(=O)NCc2ccc(C)o2)cc1.